The van der Waals surface area contributed by atoms with E-state index in [2.05, 4.69) is 43.2 Å². The first-order chi connectivity index (χ1) is 9.06. The quantitative estimate of drug-likeness (QED) is 0.905. The van der Waals surface area contributed by atoms with Crippen LogP contribution < -0.4 is 5.32 Å². The highest BCUT2D eigenvalue weighted by atomic mass is 16.1. The number of hydrogen-bond acceptors (Lipinski definition) is 2. The molecule has 3 nitrogen and oxygen atoms in total. The van der Waals surface area contributed by atoms with Crippen molar-refractivity contribution in [2.24, 2.45) is 5.92 Å². The fourth-order valence-corrected chi connectivity index (χ4v) is 2.58. The molecule has 19 heavy (non-hydrogen) atoms. The molecule has 104 valence electrons. The van der Waals surface area contributed by atoms with Crippen molar-refractivity contribution in [3.8, 4) is 0 Å². The number of amides is 1. The smallest absolute Gasteiger partial charge is 0.228 e. The van der Waals surface area contributed by atoms with Crippen molar-refractivity contribution in [2.45, 2.75) is 32.6 Å². The molecule has 0 unspecified atom stereocenters. The van der Waals surface area contributed by atoms with E-state index in [1.54, 1.807) is 0 Å². The topological polar surface area (TPSA) is 32.3 Å². The van der Waals surface area contributed by atoms with Gasteiger partial charge in [0.15, 0.2) is 0 Å². The molecule has 1 heterocycles. The van der Waals surface area contributed by atoms with Crippen LogP contribution in [-0.4, -0.2) is 30.9 Å². The van der Waals surface area contributed by atoms with E-state index in [0.717, 1.165) is 31.6 Å². The molecule has 1 saturated heterocycles. The van der Waals surface area contributed by atoms with Gasteiger partial charge >= 0.3 is 0 Å². The molecule has 1 aliphatic heterocycles. The summed E-state index contributed by atoms with van der Waals surface area (Å²) in [6, 6.07) is 8.18. The SMILES string of the molecule is CC(C)c1ccc(NC(=O)[C@H]2CCCN(C)C2)cc1. The minimum atomic E-state index is 0.128. The maximum absolute atomic E-state index is 12.2. The maximum Gasteiger partial charge on any atom is 0.228 e. The Morgan fingerprint density at radius 1 is 1.32 bits per heavy atom. The Morgan fingerprint density at radius 2 is 2.00 bits per heavy atom. The molecule has 0 bridgehead atoms. The summed E-state index contributed by atoms with van der Waals surface area (Å²) < 4.78 is 0. The van der Waals surface area contributed by atoms with Crippen LogP contribution >= 0.6 is 0 Å². The van der Waals surface area contributed by atoms with Gasteiger partial charge in [-0.3, -0.25) is 4.79 Å². The number of likely N-dealkylation sites (tertiary alicyclic amines) is 1. The Bertz CT molecular complexity index is 425. The second kappa shape index (κ2) is 6.20. The zero-order chi connectivity index (χ0) is 13.8. The molecular weight excluding hydrogens is 236 g/mol. The van der Waals surface area contributed by atoms with Crippen molar-refractivity contribution >= 4 is 11.6 Å². The van der Waals surface area contributed by atoms with E-state index >= 15 is 0 Å². The fraction of sp³-hybridized carbons (Fsp3) is 0.562. The molecule has 1 amide bonds. The summed E-state index contributed by atoms with van der Waals surface area (Å²) in [5.41, 5.74) is 2.21. The summed E-state index contributed by atoms with van der Waals surface area (Å²) in [4.78, 5) is 14.4. The van der Waals surface area contributed by atoms with Gasteiger partial charge in [-0.05, 0) is 50.0 Å². The van der Waals surface area contributed by atoms with Gasteiger partial charge in [-0.1, -0.05) is 26.0 Å². The van der Waals surface area contributed by atoms with E-state index < -0.39 is 0 Å². The van der Waals surface area contributed by atoms with E-state index in [-0.39, 0.29) is 11.8 Å². The molecule has 1 N–H and O–H groups in total. The number of nitrogens with one attached hydrogen (secondary N) is 1. The van der Waals surface area contributed by atoms with E-state index in [9.17, 15) is 4.79 Å². The highest BCUT2D eigenvalue weighted by molar-refractivity contribution is 5.92. The molecule has 0 aliphatic carbocycles. The van der Waals surface area contributed by atoms with Crippen molar-refractivity contribution in [3.05, 3.63) is 29.8 Å². The van der Waals surface area contributed by atoms with Gasteiger partial charge in [-0.25, -0.2) is 0 Å². The molecule has 0 aromatic heterocycles. The summed E-state index contributed by atoms with van der Waals surface area (Å²) in [7, 11) is 2.08. The van der Waals surface area contributed by atoms with Crippen molar-refractivity contribution in [1.29, 1.82) is 0 Å². The molecule has 1 aliphatic rings. The minimum Gasteiger partial charge on any atom is -0.326 e. The van der Waals surface area contributed by atoms with E-state index in [4.69, 9.17) is 0 Å². The average molecular weight is 260 g/mol. The standard InChI is InChI=1S/C16H24N2O/c1-12(2)13-6-8-15(9-7-13)17-16(19)14-5-4-10-18(3)11-14/h6-9,12,14H,4-5,10-11H2,1-3H3,(H,17,19)/t14-/m0/s1. The van der Waals surface area contributed by atoms with Crippen molar-refractivity contribution < 1.29 is 4.79 Å². The van der Waals surface area contributed by atoms with Gasteiger partial charge in [0.25, 0.3) is 0 Å². The van der Waals surface area contributed by atoms with Gasteiger partial charge in [0.2, 0.25) is 5.91 Å². The first-order valence-corrected chi connectivity index (χ1v) is 7.15. The first-order valence-electron chi connectivity index (χ1n) is 7.15. The summed E-state index contributed by atoms with van der Waals surface area (Å²) in [5.74, 6) is 0.809. The van der Waals surface area contributed by atoms with Crippen LogP contribution in [0.5, 0.6) is 0 Å². The van der Waals surface area contributed by atoms with Gasteiger partial charge in [-0.2, -0.15) is 0 Å². The van der Waals surface area contributed by atoms with Crippen LogP contribution in [-0.2, 0) is 4.79 Å². The Hall–Kier alpha value is -1.35. The normalized spacial score (nSPS) is 20.5. The third kappa shape index (κ3) is 3.80. The van der Waals surface area contributed by atoms with E-state index in [1.165, 1.54) is 5.56 Å². The van der Waals surface area contributed by atoms with Crippen LogP contribution in [0.25, 0.3) is 0 Å². The number of hydrogen-bond donors (Lipinski definition) is 1. The fourth-order valence-electron chi connectivity index (χ4n) is 2.58. The van der Waals surface area contributed by atoms with Crippen LogP contribution in [0.1, 0.15) is 38.2 Å². The second-order valence-electron chi connectivity index (χ2n) is 5.87. The van der Waals surface area contributed by atoms with Crippen LogP contribution in [0.2, 0.25) is 0 Å². The molecule has 1 aromatic carbocycles. The zero-order valence-corrected chi connectivity index (χ0v) is 12.1. The molecule has 0 saturated carbocycles. The van der Waals surface area contributed by atoms with Crippen molar-refractivity contribution in [3.63, 3.8) is 0 Å². The van der Waals surface area contributed by atoms with Gasteiger partial charge in [0, 0.05) is 12.2 Å². The van der Waals surface area contributed by atoms with Gasteiger partial charge in [0.1, 0.15) is 0 Å². The summed E-state index contributed by atoms with van der Waals surface area (Å²) in [6.07, 6.45) is 2.11. The summed E-state index contributed by atoms with van der Waals surface area (Å²) in [5, 5.41) is 3.03. The highest BCUT2D eigenvalue weighted by Gasteiger charge is 2.23. The monoisotopic (exact) mass is 260 g/mol. The lowest BCUT2D eigenvalue weighted by molar-refractivity contribution is -0.121. The average Bonchev–Trinajstić information content (AvgIpc) is 2.39. The Kier molecular flexibility index (Phi) is 4.59. The van der Waals surface area contributed by atoms with Gasteiger partial charge < -0.3 is 10.2 Å². The Labute approximate surface area is 116 Å². The highest BCUT2D eigenvalue weighted by Crippen LogP contribution is 2.20. The Morgan fingerprint density at radius 3 is 2.58 bits per heavy atom. The number of rotatable bonds is 3. The number of benzene rings is 1. The van der Waals surface area contributed by atoms with Crippen molar-refractivity contribution in [2.75, 3.05) is 25.5 Å². The summed E-state index contributed by atoms with van der Waals surface area (Å²) >= 11 is 0. The predicted molar refractivity (Wildman–Crippen MR) is 79.4 cm³/mol. The molecule has 2 rings (SSSR count). The minimum absolute atomic E-state index is 0.128. The number of piperidine rings is 1. The molecule has 1 atom stereocenters. The molecular formula is C16H24N2O. The van der Waals surface area contributed by atoms with E-state index in [1.807, 2.05) is 12.1 Å². The molecule has 0 radical (unpaired) electrons. The van der Waals surface area contributed by atoms with Crippen LogP contribution in [0.4, 0.5) is 5.69 Å². The predicted octanol–water partition coefficient (Wildman–Crippen LogP) is 3.09. The second-order valence-corrected chi connectivity index (χ2v) is 5.87. The van der Waals surface area contributed by atoms with Gasteiger partial charge in [-0.15, -0.1) is 0 Å². The maximum atomic E-state index is 12.2. The number of anilines is 1. The van der Waals surface area contributed by atoms with E-state index in [0.29, 0.717) is 5.92 Å². The third-order valence-electron chi connectivity index (χ3n) is 3.84. The number of nitrogens with zero attached hydrogens (tertiary/aromatic N) is 1. The molecule has 1 aromatic rings. The van der Waals surface area contributed by atoms with Crippen LogP contribution in [0.15, 0.2) is 24.3 Å². The first kappa shape index (κ1) is 14.1. The zero-order valence-electron chi connectivity index (χ0n) is 12.1. The molecule has 0 spiro atoms. The Balaban J connectivity index is 1.94. The third-order valence-corrected chi connectivity index (χ3v) is 3.84. The molecule has 1 fully saturated rings. The summed E-state index contributed by atoms with van der Waals surface area (Å²) in [6.45, 7) is 6.32. The van der Waals surface area contributed by atoms with Gasteiger partial charge in [0.05, 0.1) is 5.92 Å². The number of carbonyl (C=O) groups excluding carboxylic acids is 1. The lowest BCUT2D eigenvalue weighted by Crippen LogP contribution is -2.38. The largest absolute Gasteiger partial charge is 0.326 e. The van der Waals surface area contributed by atoms with Crippen LogP contribution in [0.3, 0.4) is 0 Å². The van der Waals surface area contributed by atoms with Crippen LogP contribution in [0, 0.1) is 5.92 Å². The van der Waals surface area contributed by atoms with Crippen molar-refractivity contribution in [1.82, 2.24) is 4.90 Å². The lowest BCUT2D eigenvalue weighted by atomic mass is 9.97. The number of carbonyl (C=O) groups is 1. The lowest BCUT2D eigenvalue weighted by Gasteiger charge is -2.28. The molecule has 3 heteroatoms.